The Morgan fingerprint density at radius 3 is 2.52 bits per heavy atom. The van der Waals surface area contributed by atoms with Gasteiger partial charge < -0.3 is 4.90 Å². The van der Waals surface area contributed by atoms with E-state index < -0.39 is 11.6 Å². The molecule has 2 aromatic rings. The lowest BCUT2D eigenvalue weighted by atomic mass is 10.2. The van der Waals surface area contributed by atoms with E-state index in [1.165, 1.54) is 0 Å². The monoisotopic (exact) mass is 365 g/mol. The van der Waals surface area contributed by atoms with Gasteiger partial charge in [-0.25, -0.2) is 13.8 Å². The molecule has 1 aliphatic heterocycles. The summed E-state index contributed by atoms with van der Waals surface area (Å²) in [6, 6.07) is 3.72. The summed E-state index contributed by atoms with van der Waals surface area (Å²) in [5.41, 5.74) is 0.650. The molecular formula is C18H21F2N3OS. The standard InChI is InChI=1S/C18H21F2N3OS/c1-11(2)22-6-8-23(9-7-22)18(24)16-12(3)21-17(25-16)14-10-13(19)4-5-15(14)20/h4-5,10-11H,6-9H2,1-3H3. The van der Waals surface area contributed by atoms with E-state index in [1.54, 1.807) is 6.92 Å². The Kier molecular flexibility index (Phi) is 5.15. The first-order valence-corrected chi connectivity index (χ1v) is 9.14. The van der Waals surface area contributed by atoms with Gasteiger partial charge in [0.05, 0.1) is 5.69 Å². The predicted octanol–water partition coefficient (Wildman–Crippen LogP) is 3.56. The number of piperazine rings is 1. The quantitative estimate of drug-likeness (QED) is 0.834. The summed E-state index contributed by atoms with van der Waals surface area (Å²) in [5.74, 6) is -1.15. The number of carbonyl (C=O) groups excluding carboxylic acids is 1. The first kappa shape index (κ1) is 17.9. The van der Waals surface area contributed by atoms with Crippen LogP contribution < -0.4 is 0 Å². The Bertz CT molecular complexity index is 783. The SMILES string of the molecule is Cc1nc(-c2cc(F)ccc2F)sc1C(=O)N1CCN(C(C)C)CC1. The lowest BCUT2D eigenvalue weighted by Crippen LogP contribution is -2.50. The highest BCUT2D eigenvalue weighted by Crippen LogP contribution is 2.31. The zero-order valence-electron chi connectivity index (χ0n) is 14.6. The van der Waals surface area contributed by atoms with Gasteiger partial charge in [0.1, 0.15) is 21.5 Å². The largest absolute Gasteiger partial charge is 0.335 e. The number of hydrogen-bond acceptors (Lipinski definition) is 4. The molecule has 0 spiro atoms. The minimum Gasteiger partial charge on any atom is -0.335 e. The topological polar surface area (TPSA) is 36.4 Å². The number of amides is 1. The second kappa shape index (κ2) is 7.17. The number of nitrogens with zero attached hydrogens (tertiary/aromatic N) is 3. The van der Waals surface area contributed by atoms with Gasteiger partial charge in [-0.2, -0.15) is 0 Å². The molecule has 4 nitrogen and oxygen atoms in total. The minimum absolute atomic E-state index is 0.0820. The zero-order chi connectivity index (χ0) is 18.1. The van der Waals surface area contributed by atoms with Crippen LogP contribution in [0.25, 0.3) is 10.6 Å². The Morgan fingerprint density at radius 1 is 1.20 bits per heavy atom. The number of hydrogen-bond donors (Lipinski definition) is 0. The molecule has 0 bridgehead atoms. The number of carbonyl (C=O) groups is 1. The molecule has 3 rings (SSSR count). The van der Waals surface area contributed by atoms with Crippen LogP contribution >= 0.6 is 11.3 Å². The van der Waals surface area contributed by atoms with E-state index >= 15 is 0 Å². The van der Waals surface area contributed by atoms with E-state index in [0.717, 1.165) is 42.6 Å². The van der Waals surface area contributed by atoms with Crippen molar-refractivity contribution < 1.29 is 13.6 Å². The van der Waals surface area contributed by atoms with Gasteiger partial charge in [0.25, 0.3) is 5.91 Å². The molecule has 7 heteroatoms. The number of aryl methyl sites for hydroxylation is 1. The third-order valence-corrected chi connectivity index (χ3v) is 5.66. The van der Waals surface area contributed by atoms with Crippen molar-refractivity contribution in [2.75, 3.05) is 26.2 Å². The maximum absolute atomic E-state index is 14.0. The van der Waals surface area contributed by atoms with E-state index in [2.05, 4.69) is 23.7 Å². The number of aromatic nitrogens is 1. The van der Waals surface area contributed by atoms with Crippen molar-refractivity contribution in [3.8, 4) is 10.6 Å². The highest BCUT2D eigenvalue weighted by atomic mass is 32.1. The van der Waals surface area contributed by atoms with Gasteiger partial charge in [-0.3, -0.25) is 9.69 Å². The van der Waals surface area contributed by atoms with Crippen molar-refractivity contribution in [2.24, 2.45) is 0 Å². The summed E-state index contributed by atoms with van der Waals surface area (Å²) in [7, 11) is 0. The second-order valence-corrected chi connectivity index (χ2v) is 7.48. The number of benzene rings is 1. The Morgan fingerprint density at radius 2 is 1.88 bits per heavy atom. The van der Waals surface area contributed by atoms with Crippen molar-refractivity contribution >= 4 is 17.2 Å². The number of thiazole rings is 1. The van der Waals surface area contributed by atoms with Gasteiger partial charge in [-0.15, -0.1) is 11.3 Å². The molecule has 0 aliphatic carbocycles. The van der Waals surface area contributed by atoms with Crippen LogP contribution in [0.5, 0.6) is 0 Å². The average Bonchev–Trinajstić information content (AvgIpc) is 2.98. The maximum atomic E-state index is 14.0. The van der Waals surface area contributed by atoms with Crippen LogP contribution in [-0.2, 0) is 0 Å². The van der Waals surface area contributed by atoms with Crippen molar-refractivity contribution in [3.05, 3.63) is 40.4 Å². The third kappa shape index (κ3) is 3.72. The molecule has 134 valence electrons. The molecule has 0 radical (unpaired) electrons. The van der Waals surface area contributed by atoms with Crippen LogP contribution in [0.4, 0.5) is 8.78 Å². The fraction of sp³-hybridized carbons (Fsp3) is 0.444. The van der Waals surface area contributed by atoms with E-state index in [0.29, 0.717) is 34.7 Å². The van der Waals surface area contributed by atoms with Crippen molar-refractivity contribution in [1.82, 2.24) is 14.8 Å². The van der Waals surface area contributed by atoms with Gasteiger partial charge in [0, 0.05) is 37.8 Å². The van der Waals surface area contributed by atoms with Crippen LogP contribution in [-0.4, -0.2) is 52.9 Å². The van der Waals surface area contributed by atoms with Gasteiger partial charge >= 0.3 is 0 Å². The summed E-state index contributed by atoms with van der Waals surface area (Å²) >= 11 is 1.12. The first-order valence-electron chi connectivity index (χ1n) is 8.33. The highest BCUT2D eigenvalue weighted by Gasteiger charge is 2.26. The zero-order valence-corrected chi connectivity index (χ0v) is 15.4. The Labute approximate surface area is 150 Å². The molecule has 2 heterocycles. The lowest BCUT2D eigenvalue weighted by Gasteiger charge is -2.36. The summed E-state index contributed by atoms with van der Waals surface area (Å²) in [5, 5.41) is 0.332. The smallest absolute Gasteiger partial charge is 0.265 e. The van der Waals surface area contributed by atoms with Gasteiger partial charge in [-0.05, 0) is 39.0 Å². The molecule has 1 fully saturated rings. The van der Waals surface area contributed by atoms with Crippen LogP contribution in [0.3, 0.4) is 0 Å². The minimum atomic E-state index is -0.542. The van der Waals surface area contributed by atoms with Crippen LogP contribution in [0.1, 0.15) is 29.2 Å². The summed E-state index contributed by atoms with van der Waals surface area (Å²) in [6.07, 6.45) is 0. The van der Waals surface area contributed by atoms with E-state index in [-0.39, 0.29) is 11.5 Å². The van der Waals surface area contributed by atoms with Crippen molar-refractivity contribution in [3.63, 3.8) is 0 Å². The number of halogens is 2. The Balaban J connectivity index is 1.81. The highest BCUT2D eigenvalue weighted by molar-refractivity contribution is 7.17. The first-order chi connectivity index (χ1) is 11.9. The van der Waals surface area contributed by atoms with Gasteiger partial charge in [-0.1, -0.05) is 0 Å². The van der Waals surface area contributed by atoms with E-state index in [9.17, 15) is 13.6 Å². The third-order valence-electron chi connectivity index (χ3n) is 4.48. The molecule has 0 atom stereocenters. The molecule has 25 heavy (non-hydrogen) atoms. The average molecular weight is 365 g/mol. The number of rotatable bonds is 3. The molecule has 1 saturated heterocycles. The summed E-state index contributed by atoms with van der Waals surface area (Å²) < 4.78 is 27.4. The van der Waals surface area contributed by atoms with E-state index in [1.807, 2.05) is 4.90 Å². The van der Waals surface area contributed by atoms with E-state index in [4.69, 9.17) is 0 Å². The van der Waals surface area contributed by atoms with Crippen molar-refractivity contribution in [1.29, 1.82) is 0 Å². The fourth-order valence-electron chi connectivity index (χ4n) is 2.96. The van der Waals surface area contributed by atoms with Crippen LogP contribution in [0.15, 0.2) is 18.2 Å². The molecule has 0 saturated carbocycles. The maximum Gasteiger partial charge on any atom is 0.265 e. The summed E-state index contributed by atoms with van der Waals surface area (Å²) in [4.78, 5) is 21.7. The molecule has 0 N–H and O–H groups in total. The molecule has 0 unspecified atom stereocenters. The van der Waals surface area contributed by atoms with Gasteiger partial charge in [0.15, 0.2) is 0 Å². The molecule has 1 amide bonds. The van der Waals surface area contributed by atoms with Crippen molar-refractivity contribution in [2.45, 2.75) is 26.8 Å². The molecule has 1 aliphatic rings. The predicted molar refractivity (Wildman–Crippen MR) is 94.8 cm³/mol. The Hall–Kier alpha value is -1.86. The van der Waals surface area contributed by atoms with Gasteiger partial charge in [0.2, 0.25) is 0 Å². The molecule has 1 aromatic carbocycles. The van der Waals surface area contributed by atoms with Crippen LogP contribution in [0, 0.1) is 18.6 Å². The molecular weight excluding hydrogens is 344 g/mol. The fourth-order valence-corrected chi connectivity index (χ4v) is 4.01. The normalized spacial score (nSPS) is 15.8. The van der Waals surface area contributed by atoms with Crippen LogP contribution in [0.2, 0.25) is 0 Å². The molecule has 1 aromatic heterocycles. The second-order valence-electron chi connectivity index (χ2n) is 6.48. The lowest BCUT2D eigenvalue weighted by molar-refractivity contribution is 0.0599. The summed E-state index contributed by atoms with van der Waals surface area (Å²) in [6.45, 7) is 9.03.